The number of rotatable bonds is 3. The lowest BCUT2D eigenvalue weighted by Gasteiger charge is -2.07. The monoisotopic (exact) mass is 404 g/mol. The van der Waals surface area contributed by atoms with Crippen molar-refractivity contribution in [3.05, 3.63) is 68.9 Å². The SMILES string of the molecule is Cc1ccc(NC(=O)c2sc(-c3ccc(F)cc3)nc2C)c(Br)c1. The summed E-state index contributed by atoms with van der Waals surface area (Å²) in [6.45, 7) is 3.78. The van der Waals surface area contributed by atoms with E-state index in [1.807, 2.05) is 25.1 Å². The lowest BCUT2D eigenvalue weighted by atomic mass is 10.2. The normalized spacial score (nSPS) is 10.7. The first kappa shape index (κ1) is 16.8. The van der Waals surface area contributed by atoms with Gasteiger partial charge in [-0.1, -0.05) is 6.07 Å². The number of nitrogens with zero attached hydrogens (tertiary/aromatic N) is 1. The predicted octanol–water partition coefficient (Wildman–Crippen LogP) is 5.58. The fraction of sp³-hybridized carbons (Fsp3) is 0.111. The summed E-state index contributed by atoms with van der Waals surface area (Å²) in [6, 6.07) is 11.8. The van der Waals surface area contributed by atoms with Gasteiger partial charge in [0.05, 0.1) is 11.4 Å². The van der Waals surface area contributed by atoms with Crippen LogP contribution in [-0.4, -0.2) is 10.9 Å². The van der Waals surface area contributed by atoms with Crippen molar-refractivity contribution in [1.29, 1.82) is 0 Å². The number of hydrogen-bond acceptors (Lipinski definition) is 3. The van der Waals surface area contributed by atoms with Crippen molar-refractivity contribution >= 4 is 38.9 Å². The van der Waals surface area contributed by atoms with Crippen LogP contribution in [0.15, 0.2) is 46.9 Å². The zero-order valence-electron chi connectivity index (χ0n) is 13.1. The third kappa shape index (κ3) is 3.55. The van der Waals surface area contributed by atoms with Gasteiger partial charge < -0.3 is 5.32 Å². The van der Waals surface area contributed by atoms with Crippen LogP contribution in [0.3, 0.4) is 0 Å². The molecule has 0 aliphatic heterocycles. The van der Waals surface area contributed by atoms with Crippen LogP contribution in [0.5, 0.6) is 0 Å². The van der Waals surface area contributed by atoms with Crippen LogP contribution in [0.25, 0.3) is 10.6 Å². The van der Waals surface area contributed by atoms with Gasteiger partial charge in [0.2, 0.25) is 0 Å². The molecule has 0 saturated heterocycles. The largest absolute Gasteiger partial charge is 0.320 e. The van der Waals surface area contributed by atoms with Gasteiger partial charge in [0.25, 0.3) is 5.91 Å². The molecule has 2 aromatic carbocycles. The van der Waals surface area contributed by atoms with Crippen LogP contribution in [-0.2, 0) is 0 Å². The van der Waals surface area contributed by atoms with Crippen molar-refractivity contribution in [3.63, 3.8) is 0 Å². The average molecular weight is 405 g/mol. The van der Waals surface area contributed by atoms with Crippen LogP contribution in [0.1, 0.15) is 20.9 Å². The molecule has 6 heteroatoms. The van der Waals surface area contributed by atoms with Crippen molar-refractivity contribution < 1.29 is 9.18 Å². The van der Waals surface area contributed by atoms with Crippen molar-refractivity contribution in [2.24, 2.45) is 0 Å². The number of carbonyl (C=O) groups excluding carboxylic acids is 1. The fourth-order valence-electron chi connectivity index (χ4n) is 2.22. The number of hydrogen-bond donors (Lipinski definition) is 1. The van der Waals surface area contributed by atoms with Gasteiger partial charge in [-0.25, -0.2) is 9.37 Å². The summed E-state index contributed by atoms with van der Waals surface area (Å²) >= 11 is 4.75. The van der Waals surface area contributed by atoms with Crippen LogP contribution < -0.4 is 5.32 Å². The smallest absolute Gasteiger partial charge is 0.267 e. The molecule has 24 heavy (non-hydrogen) atoms. The molecule has 1 amide bonds. The summed E-state index contributed by atoms with van der Waals surface area (Å²) in [5, 5.41) is 3.59. The summed E-state index contributed by atoms with van der Waals surface area (Å²) < 4.78 is 13.9. The molecule has 0 aliphatic carbocycles. The van der Waals surface area contributed by atoms with Gasteiger partial charge >= 0.3 is 0 Å². The molecule has 122 valence electrons. The first-order valence-electron chi connectivity index (χ1n) is 7.25. The van der Waals surface area contributed by atoms with Gasteiger partial charge in [-0.3, -0.25) is 4.79 Å². The van der Waals surface area contributed by atoms with Crippen molar-refractivity contribution in [2.45, 2.75) is 13.8 Å². The molecule has 0 fully saturated rings. The Morgan fingerprint density at radius 3 is 2.54 bits per heavy atom. The Morgan fingerprint density at radius 2 is 1.88 bits per heavy atom. The lowest BCUT2D eigenvalue weighted by molar-refractivity contribution is 0.102. The highest BCUT2D eigenvalue weighted by molar-refractivity contribution is 9.10. The Bertz CT molecular complexity index is 906. The number of nitrogens with one attached hydrogen (secondary N) is 1. The van der Waals surface area contributed by atoms with E-state index < -0.39 is 0 Å². The molecule has 0 saturated carbocycles. The van der Waals surface area contributed by atoms with Crippen molar-refractivity contribution in [2.75, 3.05) is 5.32 Å². The van der Waals surface area contributed by atoms with Crippen molar-refractivity contribution in [3.8, 4) is 10.6 Å². The van der Waals surface area contributed by atoms with Crippen LogP contribution in [0, 0.1) is 19.7 Å². The molecule has 0 aliphatic rings. The van der Waals surface area contributed by atoms with Crippen molar-refractivity contribution in [1.82, 2.24) is 4.98 Å². The third-order valence-electron chi connectivity index (χ3n) is 3.47. The van der Waals surface area contributed by atoms with E-state index in [1.165, 1.54) is 23.5 Å². The van der Waals surface area contributed by atoms with Gasteiger partial charge in [0, 0.05) is 10.0 Å². The molecule has 1 heterocycles. The van der Waals surface area contributed by atoms with E-state index in [1.54, 1.807) is 19.1 Å². The topological polar surface area (TPSA) is 42.0 Å². The first-order valence-corrected chi connectivity index (χ1v) is 8.86. The van der Waals surface area contributed by atoms with Crippen LogP contribution in [0.4, 0.5) is 10.1 Å². The molecule has 3 nitrogen and oxygen atoms in total. The number of aromatic nitrogens is 1. The third-order valence-corrected chi connectivity index (χ3v) is 5.33. The van der Waals surface area contributed by atoms with Crippen LogP contribution >= 0.6 is 27.3 Å². The lowest BCUT2D eigenvalue weighted by Crippen LogP contribution is -2.12. The highest BCUT2D eigenvalue weighted by Crippen LogP contribution is 2.30. The average Bonchev–Trinajstić information content (AvgIpc) is 2.93. The van der Waals surface area contributed by atoms with E-state index in [0.29, 0.717) is 21.3 Å². The van der Waals surface area contributed by atoms with Gasteiger partial charge in [-0.15, -0.1) is 11.3 Å². The quantitative estimate of drug-likeness (QED) is 0.618. The molecule has 0 unspecified atom stereocenters. The molecule has 3 rings (SSSR count). The number of amides is 1. The summed E-state index contributed by atoms with van der Waals surface area (Å²) in [5.74, 6) is -0.503. The highest BCUT2D eigenvalue weighted by atomic mass is 79.9. The number of aryl methyl sites for hydroxylation is 2. The minimum absolute atomic E-state index is 0.206. The number of carbonyl (C=O) groups is 1. The zero-order chi connectivity index (χ0) is 17.3. The summed E-state index contributed by atoms with van der Waals surface area (Å²) in [6.07, 6.45) is 0. The van der Waals surface area contributed by atoms with Gasteiger partial charge in [0.1, 0.15) is 15.7 Å². The number of benzene rings is 2. The van der Waals surface area contributed by atoms with E-state index in [2.05, 4.69) is 26.2 Å². The fourth-order valence-corrected chi connectivity index (χ4v) is 3.78. The molecular formula is C18H14BrFN2OS. The summed E-state index contributed by atoms with van der Waals surface area (Å²) in [7, 11) is 0. The molecule has 0 atom stereocenters. The summed E-state index contributed by atoms with van der Waals surface area (Å²) in [5.41, 5.74) is 3.26. The molecule has 0 bridgehead atoms. The van der Waals surface area contributed by atoms with Gasteiger partial charge in [-0.2, -0.15) is 0 Å². The number of anilines is 1. The minimum atomic E-state index is -0.297. The van der Waals surface area contributed by atoms with E-state index in [0.717, 1.165) is 15.6 Å². The molecule has 0 radical (unpaired) electrons. The molecule has 3 aromatic rings. The van der Waals surface area contributed by atoms with E-state index in [-0.39, 0.29) is 11.7 Å². The van der Waals surface area contributed by atoms with E-state index in [9.17, 15) is 9.18 Å². The summed E-state index contributed by atoms with van der Waals surface area (Å²) in [4.78, 5) is 17.5. The van der Waals surface area contributed by atoms with E-state index in [4.69, 9.17) is 0 Å². The Labute approximate surface area is 151 Å². The van der Waals surface area contributed by atoms with Gasteiger partial charge in [-0.05, 0) is 71.7 Å². The zero-order valence-corrected chi connectivity index (χ0v) is 15.5. The number of halogens is 2. The molecule has 1 N–H and O–H groups in total. The Balaban J connectivity index is 1.86. The predicted molar refractivity (Wildman–Crippen MR) is 99.1 cm³/mol. The minimum Gasteiger partial charge on any atom is -0.320 e. The second kappa shape index (κ2) is 6.83. The standard InChI is InChI=1S/C18H14BrFN2OS/c1-10-3-8-15(14(19)9-10)22-17(23)16-11(2)21-18(24-16)12-4-6-13(20)7-5-12/h3-9H,1-2H3,(H,22,23). The molecule has 0 spiro atoms. The van der Waals surface area contributed by atoms with Gasteiger partial charge in [0.15, 0.2) is 0 Å². The second-order valence-corrected chi connectivity index (χ2v) is 7.23. The second-order valence-electron chi connectivity index (χ2n) is 5.38. The highest BCUT2D eigenvalue weighted by Gasteiger charge is 2.17. The molecular weight excluding hydrogens is 391 g/mol. The Hall–Kier alpha value is -2.05. The molecule has 1 aromatic heterocycles. The number of thiazole rings is 1. The maximum Gasteiger partial charge on any atom is 0.267 e. The van der Waals surface area contributed by atoms with E-state index >= 15 is 0 Å². The Morgan fingerprint density at radius 1 is 1.17 bits per heavy atom. The van der Waals surface area contributed by atoms with Crippen LogP contribution in [0.2, 0.25) is 0 Å². The maximum absolute atomic E-state index is 13.0. The maximum atomic E-state index is 13.0. The first-order chi connectivity index (χ1) is 11.4. The Kier molecular flexibility index (Phi) is 4.78.